The van der Waals surface area contributed by atoms with E-state index in [0.29, 0.717) is 29.2 Å². The number of ether oxygens (including phenoxy) is 5. The van der Waals surface area contributed by atoms with Gasteiger partial charge in [-0.15, -0.1) is 0 Å². The molecule has 1 aromatic carbocycles. The summed E-state index contributed by atoms with van der Waals surface area (Å²) in [6.07, 6.45) is 0.785. The third-order valence-electron chi connectivity index (χ3n) is 4.84. The first-order chi connectivity index (χ1) is 13.4. The lowest BCUT2D eigenvalue weighted by Crippen LogP contribution is -2.38. The quantitative estimate of drug-likeness (QED) is 0.507. The Labute approximate surface area is 169 Å². The van der Waals surface area contributed by atoms with E-state index in [9.17, 15) is 4.79 Å². The number of carbonyl (C=O) groups is 1. The highest BCUT2D eigenvalue weighted by molar-refractivity contribution is 8.14. The van der Waals surface area contributed by atoms with Gasteiger partial charge in [0.25, 0.3) is 0 Å². The Morgan fingerprint density at radius 3 is 2.32 bits per heavy atom. The minimum atomic E-state index is -0.433. The van der Waals surface area contributed by atoms with E-state index in [1.54, 1.807) is 0 Å². The van der Waals surface area contributed by atoms with Crippen LogP contribution in [-0.2, 0) is 14.3 Å². The minimum absolute atomic E-state index is 0.0151. The Morgan fingerprint density at radius 1 is 1.11 bits per heavy atom. The number of thioether (sulfide) groups is 1. The number of carbonyl (C=O) groups excluding carboxylic acids is 1. The summed E-state index contributed by atoms with van der Waals surface area (Å²) in [5.41, 5.74) is 2.04. The van der Waals surface area contributed by atoms with Crippen molar-refractivity contribution in [2.24, 2.45) is 5.90 Å². The molecule has 9 heteroatoms. The number of hydrogen-bond donors (Lipinski definition) is 1. The van der Waals surface area contributed by atoms with Crippen LogP contribution in [0.3, 0.4) is 0 Å². The molecule has 0 saturated carbocycles. The maximum Gasteiger partial charge on any atom is 0.223 e. The monoisotopic (exact) mass is 415 g/mol. The van der Waals surface area contributed by atoms with Gasteiger partial charge in [0, 0.05) is 18.8 Å². The standard InChI is InChI=1S/C19H29NO7S/c1-10-11(2)16(25-9-22-4)18(24-6)17(23-5)15(10)19(21)28-13-7-8-14(27-20)26-12(13)3/h12-14H,7-9,20H2,1-6H3/t12?,13-,14?/m0/s1. The predicted octanol–water partition coefficient (Wildman–Crippen LogP) is 2.96. The van der Waals surface area contributed by atoms with Crippen molar-refractivity contribution in [3.8, 4) is 17.2 Å². The predicted molar refractivity (Wildman–Crippen MR) is 106 cm³/mol. The van der Waals surface area contributed by atoms with E-state index < -0.39 is 6.29 Å². The fourth-order valence-corrected chi connectivity index (χ4v) is 4.36. The maximum atomic E-state index is 13.2. The molecule has 2 rings (SSSR count). The van der Waals surface area contributed by atoms with Gasteiger partial charge in [0.15, 0.2) is 24.6 Å². The van der Waals surface area contributed by atoms with Gasteiger partial charge in [-0.05, 0) is 38.3 Å². The van der Waals surface area contributed by atoms with Gasteiger partial charge in [-0.2, -0.15) is 0 Å². The number of rotatable bonds is 8. The molecule has 1 aliphatic rings. The molecule has 1 aliphatic heterocycles. The van der Waals surface area contributed by atoms with E-state index in [1.807, 2.05) is 20.8 Å². The molecule has 0 aromatic heterocycles. The van der Waals surface area contributed by atoms with Gasteiger partial charge >= 0.3 is 0 Å². The molecule has 0 bridgehead atoms. The maximum absolute atomic E-state index is 13.2. The van der Waals surface area contributed by atoms with E-state index in [1.165, 1.54) is 33.1 Å². The van der Waals surface area contributed by atoms with Crippen LogP contribution in [0.2, 0.25) is 0 Å². The molecule has 8 nitrogen and oxygen atoms in total. The third kappa shape index (κ3) is 4.72. The van der Waals surface area contributed by atoms with Crippen molar-refractivity contribution < 1.29 is 33.3 Å². The van der Waals surface area contributed by atoms with Crippen LogP contribution >= 0.6 is 11.8 Å². The van der Waals surface area contributed by atoms with Crippen LogP contribution in [0.5, 0.6) is 17.2 Å². The van der Waals surface area contributed by atoms with Gasteiger partial charge < -0.3 is 23.7 Å². The lowest BCUT2D eigenvalue weighted by atomic mass is 10.0. The fourth-order valence-electron chi connectivity index (χ4n) is 3.21. The van der Waals surface area contributed by atoms with Crippen LogP contribution in [0.1, 0.15) is 41.3 Å². The van der Waals surface area contributed by atoms with E-state index in [-0.39, 0.29) is 23.3 Å². The van der Waals surface area contributed by atoms with Gasteiger partial charge in [-0.3, -0.25) is 9.63 Å². The van der Waals surface area contributed by atoms with Crippen molar-refractivity contribution in [2.45, 2.75) is 51.3 Å². The molecule has 1 saturated heterocycles. The first-order valence-corrected chi connectivity index (χ1v) is 9.86. The van der Waals surface area contributed by atoms with Crippen molar-refractivity contribution in [1.29, 1.82) is 0 Å². The summed E-state index contributed by atoms with van der Waals surface area (Å²) in [5.74, 6) is 6.43. The molecule has 0 aliphatic carbocycles. The molecule has 1 aromatic rings. The Bertz CT molecular complexity index is 698. The summed E-state index contributed by atoms with van der Waals surface area (Å²) in [4.78, 5) is 18.0. The molecule has 0 amide bonds. The molecule has 158 valence electrons. The van der Waals surface area contributed by atoms with Crippen molar-refractivity contribution >= 4 is 16.9 Å². The van der Waals surface area contributed by atoms with E-state index in [0.717, 1.165) is 17.5 Å². The normalized spacial score (nSPS) is 22.0. The van der Waals surface area contributed by atoms with Crippen LogP contribution in [0.25, 0.3) is 0 Å². The highest BCUT2D eigenvalue weighted by Crippen LogP contribution is 2.47. The van der Waals surface area contributed by atoms with Gasteiger partial charge in [-0.25, -0.2) is 5.90 Å². The Balaban J connectivity index is 2.36. The van der Waals surface area contributed by atoms with Gasteiger partial charge in [-0.1, -0.05) is 11.8 Å². The molecule has 0 spiro atoms. The largest absolute Gasteiger partial charge is 0.492 e. The van der Waals surface area contributed by atoms with Crippen LogP contribution in [0.4, 0.5) is 0 Å². The first-order valence-electron chi connectivity index (χ1n) is 8.98. The highest BCUT2D eigenvalue weighted by atomic mass is 32.2. The van der Waals surface area contributed by atoms with Crippen LogP contribution in [-0.4, -0.2) is 50.9 Å². The van der Waals surface area contributed by atoms with Gasteiger partial charge in [0.1, 0.15) is 0 Å². The minimum Gasteiger partial charge on any atom is -0.492 e. The summed E-state index contributed by atoms with van der Waals surface area (Å²) in [7, 11) is 4.55. The van der Waals surface area contributed by atoms with Gasteiger partial charge in [0.2, 0.25) is 10.9 Å². The SMILES string of the molecule is COCOc1c(C)c(C)c(C(=O)S[C@H]2CCC(ON)OC2C)c(OC)c1OC. The number of methoxy groups -OCH3 is 3. The van der Waals surface area contributed by atoms with E-state index in [2.05, 4.69) is 0 Å². The van der Waals surface area contributed by atoms with Crippen LogP contribution in [0.15, 0.2) is 0 Å². The molecule has 28 heavy (non-hydrogen) atoms. The molecular formula is C19H29NO7S. The van der Waals surface area contributed by atoms with Crippen molar-refractivity contribution in [1.82, 2.24) is 0 Å². The molecule has 1 fully saturated rings. The van der Waals surface area contributed by atoms with Gasteiger partial charge in [0.05, 0.1) is 25.9 Å². The summed E-state index contributed by atoms with van der Waals surface area (Å²) in [6.45, 7) is 5.71. The number of hydrogen-bond acceptors (Lipinski definition) is 9. The van der Waals surface area contributed by atoms with E-state index >= 15 is 0 Å². The highest BCUT2D eigenvalue weighted by Gasteiger charge is 2.34. The Morgan fingerprint density at radius 2 is 1.79 bits per heavy atom. The smallest absolute Gasteiger partial charge is 0.223 e. The zero-order valence-corrected chi connectivity index (χ0v) is 18.0. The van der Waals surface area contributed by atoms with Crippen molar-refractivity contribution in [3.05, 3.63) is 16.7 Å². The molecule has 1 heterocycles. The van der Waals surface area contributed by atoms with Crippen molar-refractivity contribution in [2.75, 3.05) is 28.1 Å². The van der Waals surface area contributed by atoms with Crippen molar-refractivity contribution in [3.63, 3.8) is 0 Å². The Hall–Kier alpha value is -1.52. The summed E-state index contributed by atoms with van der Waals surface area (Å²) >= 11 is 1.23. The third-order valence-corrected chi connectivity index (χ3v) is 6.18. The summed E-state index contributed by atoms with van der Waals surface area (Å²) < 4.78 is 27.4. The molecule has 2 unspecified atom stereocenters. The molecule has 2 N–H and O–H groups in total. The topological polar surface area (TPSA) is 98.5 Å². The molecule has 0 radical (unpaired) electrons. The average molecular weight is 416 g/mol. The summed E-state index contributed by atoms with van der Waals surface area (Å²) in [6, 6.07) is 0. The molecule has 3 atom stereocenters. The first kappa shape index (κ1) is 22.8. The second-order valence-electron chi connectivity index (χ2n) is 6.50. The van der Waals surface area contributed by atoms with Crippen LogP contribution in [0, 0.1) is 13.8 Å². The lowest BCUT2D eigenvalue weighted by Gasteiger charge is -2.32. The summed E-state index contributed by atoms with van der Waals surface area (Å²) in [5, 5.41) is -0.125. The zero-order valence-electron chi connectivity index (χ0n) is 17.2. The fraction of sp³-hybridized carbons (Fsp3) is 0.632. The van der Waals surface area contributed by atoms with E-state index in [4.69, 9.17) is 34.4 Å². The molecular weight excluding hydrogens is 386 g/mol. The number of benzene rings is 1. The second-order valence-corrected chi connectivity index (χ2v) is 7.71. The average Bonchev–Trinajstić information content (AvgIpc) is 2.69. The second kappa shape index (κ2) is 10.3. The van der Waals surface area contributed by atoms with Crippen LogP contribution < -0.4 is 20.1 Å². The Kier molecular flexibility index (Phi) is 8.38. The zero-order chi connectivity index (χ0) is 20.8. The lowest BCUT2D eigenvalue weighted by molar-refractivity contribution is -0.189. The number of nitrogens with two attached hydrogens (primary N) is 1.